The maximum absolute atomic E-state index is 11.6. The first-order valence-electron chi connectivity index (χ1n) is 7.14. The van der Waals surface area contributed by atoms with Gasteiger partial charge in [0.1, 0.15) is 5.75 Å². The number of benzene rings is 2. The molecule has 0 saturated heterocycles. The van der Waals surface area contributed by atoms with Crippen molar-refractivity contribution in [2.45, 2.75) is 12.8 Å². The first kappa shape index (κ1) is 15.8. The summed E-state index contributed by atoms with van der Waals surface area (Å²) in [6.45, 7) is 0.381. The van der Waals surface area contributed by atoms with Crippen LogP contribution < -0.4 is 10.1 Å². The molecule has 0 aliphatic carbocycles. The summed E-state index contributed by atoms with van der Waals surface area (Å²) in [5.41, 5.74) is 0. The van der Waals surface area contributed by atoms with Crippen molar-refractivity contribution in [1.82, 2.24) is 5.32 Å². The second kappa shape index (κ2) is 8.02. The van der Waals surface area contributed by atoms with Crippen molar-refractivity contribution in [3.8, 4) is 5.75 Å². The number of carbonyl (C=O) groups is 2. The van der Waals surface area contributed by atoms with E-state index in [9.17, 15) is 9.59 Å². The van der Waals surface area contributed by atoms with Gasteiger partial charge in [-0.1, -0.05) is 30.3 Å². The lowest BCUT2D eigenvalue weighted by molar-refractivity contribution is -0.140. The zero-order valence-corrected chi connectivity index (χ0v) is 12.5. The van der Waals surface area contributed by atoms with Crippen molar-refractivity contribution in [2.75, 3.05) is 20.3 Å². The molecule has 0 bridgehead atoms. The molecule has 5 heteroatoms. The van der Waals surface area contributed by atoms with Gasteiger partial charge in [0.2, 0.25) is 0 Å². The number of hydrogen-bond donors (Lipinski definition) is 1. The van der Waals surface area contributed by atoms with Crippen LogP contribution in [0.3, 0.4) is 0 Å². The molecule has 0 fully saturated rings. The van der Waals surface area contributed by atoms with Crippen molar-refractivity contribution in [2.24, 2.45) is 0 Å². The SMILES string of the molecule is COC(=O)CCCNC(=O)COc1ccc2ccccc2c1. The highest BCUT2D eigenvalue weighted by atomic mass is 16.5. The Kier molecular flexibility index (Phi) is 5.77. The largest absolute Gasteiger partial charge is 0.484 e. The number of nitrogens with one attached hydrogen (secondary N) is 1. The van der Waals surface area contributed by atoms with E-state index in [1.807, 2.05) is 42.5 Å². The average molecular weight is 301 g/mol. The second-order valence-electron chi connectivity index (χ2n) is 4.83. The van der Waals surface area contributed by atoms with Crippen LogP contribution in [0.2, 0.25) is 0 Å². The molecule has 2 aromatic carbocycles. The van der Waals surface area contributed by atoms with E-state index in [1.54, 1.807) is 0 Å². The van der Waals surface area contributed by atoms with Crippen molar-refractivity contribution < 1.29 is 19.1 Å². The summed E-state index contributed by atoms with van der Waals surface area (Å²) in [7, 11) is 1.35. The first-order valence-corrected chi connectivity index (χ1v) is 7.14. The third-order valence-electron chi connectivity index (χ3n) is 3.20. The van der Waals surface area contributed by atoms with Gasteiger partial charge in [-0.3, -0.25) is 9.59 Å². The molecule has 22 heavy (non-hydrogen) atoms. The smallest absolute Gasteiger partial charge is 0.305 e. The van der Waals surface area contributed by atoms with Crippen LogP contribution in [0.5, 0.6) is 5.75 Å². The number of fused-ring (bicyclic) bond motifs is 1. The number of hydrogen-bond acceptors (Lipinski definition) is 4. The first-order chi connectivity index (χ1) is 10.7. The molecular formula is C17H19NO4. The number of amides is 1. The van der Waals surface area contributed by atoms with E-state index < -0.39 is 0 Å². The fourth-order valence-corrected chi connectivity index (χ4v) is 2.02. The summed E-state index contributed by atoms with van der Waals surface area (Å²) in [5, 5.41) is 4.89. The molecule has 0 aliphatic rings. The van der Waals surface area contributed by atoms with Crippen LogP contribution in [0.25, 0.3) is 10.8 Å². The number of esters is 1. The van der Waals surface area contributed by atoms with E-state index in [0.29, 0.717) is 25.1 Å². The summed E-state index contributed by atoms with van der Waals surface area (Å²) >= 11 is 0. The highest BCUT2D eigenvalue weighted by Gasteiger charge is 2.04. The topological polar surface area (TPSA) is 64.6 Å². The van der Waals surface area contributed by atoms with Crippen LogP contribution in [0.15, 0.2) is 42.5 Å². The summed E-state index contributed by atoms with van der Waals surface area (Å²) in [5.74, 6) is 0.170. The van der Waals surface area contributed by atoms with E-state index >= 15 is 0 Å². The van der Waals surface area contributed by atoms with Gasteiger partial charge in [0.05, 0.1) is 7.11 Å². The zero-order chi connectivity index (χ0) is 15.8. The minimum Gasteiger partial charge on any atom is -0.484 e. The number of methoxy groups -OCH3 is 1. The highest BCUT2D eigenvalue weighted by molar-refractivity contribution is 5.84. The van der Waals surface area contributed by atoms with Gasteiger partial charge in [-0.2, -0.15) is 0 Å². The maximum atomic E-state index is 11.6. The van der Waals surface area contributed by atoms with E-state index in [2.05, 4.69) is 10.1 Å². The Bertz CT molecular complexity index is 654. The number of carbonyl (C=O) groups excluding carboxylic acids is 2. The Balaban J connectivity index is 1.74. The van der Waals surface area contributed by atoms with Crippen LogP contribution in [-0.4, -0.2) is 32.1 Å². The monoisotopic (exact) mass is 301 g/mol. The van der Waals surface area contributed by atoms with Crippen molar-refractivity contribution >= 4 is 22.6 Å². The second-order valence-corrected chi connectivity index (χ2v) is 4.83. The van der Waals surface area contributed by atoms with Gasteiger partial charge in [0, 0.05) is 13.0 Å². The minimum atomic E-state index is -0.276. The third kappa shape index (κ3) is 4.77. The van der Waals surface area contributed by atoms with Crippen molar-refractivity contribution in [3.05, 3.63) is 42.5 Å². The van der Waals surface area contributed by atoms with Crippen LogP contribution in [0, 0.1) is 0 Å². The van der Waals surface area contributed by atoms with Gasteiger partial charge in [-0.15, -0.1) is 0 Å². The summed E-state index contributed by atoms with van der Waals surface area (Å²) in [4.78, 5) is 22.6. The molecule has 0 heterocycles. The molecule has 116 valence electrons. The van der Waals surface area contributed by atoms with Gasteiger partial charge < -0.3 is 14.8 Å². The van der Waals surface area contributed by atoms with E-state index in [4.69, 9.17) is 4.74 Å². The van der Waals surface area contributed by atoms with Gasteiger partial charge >= 0.3 is 5.97 Å². The molecule has 0 aliphatic heterocycles. The molecule has 0 saturated carbocycles. The fraction of sp³-hybridized carbons (Fsp3) is 0.294. The van der Waals surface area contributed by atoms with E-state index in [1.165, 1.54) is 7.11 Å². The average Bonchev–Trinajstić information content (AvgIpc) is 2.56. The summed E-state index contributed by atoms with van der Waals surface area (Å²) in [6.07, 6.45) is 0.844. The zero-order valence-electron chi connectivity index (χ0n) is 12.5. The molecule has 2 aromatic rings. The minimum absolute atomic E-state index is 0.0451. The molecule has 2 rings (SSSR count). The summed E-state index contributed by atoms with van der Waals surface area (Å²) in [6, 6.07) is 13.7. The molecule has 1 N–H and O–H groups in total. The Morgan fingerprint density at radius 1 is 1.09 bits per heavy atom. The Labute approximate surface area is 129 Å². The highest BCUT2D eigenvalue weighted by Crippen LogP contribution is 2.20. The lowest BCUT2D eigenvalue weighted by Gasteiger charge is -2.08. The predicted molar refractivity (Wildman–Crippen MR) is 83.7 cm³/mol. The van der Waals surface area contributed by atoms with Crippen LogP contribution in [0.1, 0.15) is 12.8 Å². The molecule has 1 amide bonds. The number of ether oxygens (including phenoxy) is 2. The molecule has 0 atom stereocenters. The maximum Gasteiger partial charge on any atom is 0.305 e. The molecular weight excluding hydrogens is 282 g/mol. The predicted octanol–water partition coefficient (Wildman–Crippen LogP) is 2.29. The normalized spacial score (nSPS) is 10.2. The van der Waals surface area contributed by atoms with Gasteiger partial charge in [-0.05, 0) is 29.3 Å². The van der Waals surface area contributed by atoms with Crippen LogP contribution >= 0.6 is 0 Å². The molecule has 0 spiro atoms. The number of rotatable bonds is 7. The third-order valence-corrected chi connectivity index (χ3v) is 3.20. The molecule has 5 nitrogen and oxygen atoms in total. The van der Waals surface area contributed by atoms with Crippen molar-refractivity contribution in [3.63, 3.8) is 0 Å². The lowest BCUT2D eigenvalue weighted by Crippen LogP contribution is -2.30. The van der Waals surface area contributed by atoms with Gasteiger partial charge in [0.25, 0.3) is 5.91 Å². The Morgan fingerprint density at radius 2 is 1.86 bits per heavy atom. The Hall–Kier alpha value is -2.56. The van der Waals surface area contributed by atoms with Gasteiger partial charge in [0.15, 0.2) is 6.61 Å². The lowest BCUT2D eigenvalue weighted by atomic mass is 10.1. The van der Waals surface area contributed by atoms with Gasteiger partial charge in [-0.25, -0.2) is 0 Å². The van der Waals surface area contributed by atoms with Crippen LogP contribution in [-0.2, 0) is 14.3 Å². The van der Waals surface area contributed by atoms with Crippen LogP contribution in [0.4, 0.5) is 0 Å². The standard InChI is InChI=1S/C17H19NO4/c1-21-17(20)7-4-10-18-16(19)12-22-15-9-8-13-5-2-3-6-14(13)11-15/h2-3,5-6,8-9,11H,4,7,10,12H2,1H3,(H,18,19). The fourth-order valence-electron chi connectivity index (χ4n) is 2.02. The van der Waals surface area contributed by atoms with E-state index in [-0.39, 0.29) is 18.5 Å². The summed E-state index contributed by atoms with van der Waals surface area (Å²) < 4.78 is 9.99. The van der Waals surface area contributed by atoms with Crippen molar-refractivity contribution in [1.29, 1.82) is 0 Å². The van der Waals surface area contributed by atoms with E-state index in [0.717, 1.165) is 10.8 Å². The molecule has 0 unspecified atom stereocenters. The quantitative estimate of drug-likeness (QED) is 0.629. The Morgan fingerprint density at radius 3 is 2.64 bits per heavy atom. The molecule has 0 aromatic heterocycles. The molecule has 0 radical (unpaired) electrons.